The third-order valence-electron chi connectivity index (χ3n) is 3.42. The van der Waals surface area contributed by atoms with Gasteiger partial charge in [-0.15, -0.1) is 0 Å². The molecule has 2 aromatic heterocycles. The SMILES string of the molecule is CCn1cc(C(O)Cc2ccc3ccccc3n2)cn1. The molecule has 0 amide bonds. The maximum absolute atomic E-state index is 10.3. The zero-order valence-corrected chi connectivity index (χ0v) is 11.4. The Kier molecular flexibility index (Phi) is 3.48. The van der Waals surface area contributed by atoms with Crippen molar-refractivity contribution in [3.8, 4) is 0 Å². The summed E-state index contributed by atoms with van der Waals surface area (Å²) in [5.41, 5.74) is 2.68. The summed E-state index contributed by atoms with van der Waals surface area (Å²) >= 11 is 0. The number of rotatable bonds is 4. The highest BCUT2D eigenvalue weighted by molar-refractivity contribution is 5.78. The number of aliphatic hydroxyl groups is 1. The molecule has 1 atom stereocenters. The number of benzene rings is 1. The summed E-state index contributed by atoms with van der Waals surface area (Å²) in [7, 11) is 0. The maximum atomic E-state index is 10.3. The van der Waals surface area contributed by atoms with Crippen LogP contribution in [0.1, 0.15) is 24.3 Å². The number of hydrogen-bond acceptors (Lipinski definition) is 3. The van der Waals surface area contributed by atoms with Crippen LogP contribution in [-0.4, -0.2) is 19.9 Å². The molecule has 0 radical (unpaired) electrons. The molecule has 1 unspecified atom stereocenters. The van der Waals surface area contributed by atoms with E-state index < -0.39 is 6.10 Å². The lowest BCUT2D eigenvalue weighted by molar-refractivity contribution is 0.177. The van der Waals surface area contributed by atoms with Crippen LogP contribution in [0.25, 0.3) is 10.9 Å². The van der Waals surface area contributed by atoms with E-state index in [0.29, 0.717) is 6.42 Å². The van der Waals surface area contributed by atoms with E-state index in [1.165, 1.54) is 0 Å². The molecular formula is C16H17N3O. The number of fused-ring (bicyclic) bond motifs is 1. The Labute approximate surface area is 117 Å². The van der Waals surface area contributed by atoms with E-state index in [1.807, 2.05) is 54.2 Å². The predicted octanol–water partition coefficient (Wildman–Crippen LogP) is 2.73. The number of pyridine rings is 1. The fourth-order valence-corrected chi connectivity index (χ4v) is 2.26. The standard InChI is InChI=1S/C16H17N3O/c1-2-19-11-13(10-17-19)16(20)9-14-8-7-12-5-3-4-6-15(12)18-14/h3-8,10-11,16,20H,2,9H2,1H3. The van der Waals surface area contributed by atoms with Crippen LogP contribution in [-0.2, 0) is 13.0 Å². The van der Waals surface area contributed by atoms with Gasteiger partial charge >= 0.3 is 0 Å². The Morgan fingerprint density at radius 2 is 2.05 bits per heavy atom. The van der Waals surface area contributed by atoms with Crippen LogP contribution in [0.5, 0.6) is 0 Å². The van der Waals surface area contributed by atoms with Gasteiger partial charge in [-0.3, -0.25) is 9.67 Å². The van der Waals surface area contributed by atoms with Crippen molar-refractivity contribution in [2.45, 2.75) is 26.0 Å². The lowest BCUT2D eigenvalue weighted by Gasteiger charge is -2.08. The Morgan fingerprint density at radius 3 is 2.85 bits per heavy atom. The molecule has 3 rings (SSSR count). The van der Waals surface area contributed by atoms with E-state index in [1.54, 1.807) is 6.20 Å². The zero-order valence-electron chi connectivity index (χ0n) is 11.4. The van der Waals surface area contributed by atoms with Gasteiger partial charge in [-0.1, -0.05) is 24.3 Å². The summed E-state index contributed by atoms with van der Waals surface area (Å²) < 4.78 is 1.81. The molecule has 1 aromatic carbocycles. The van der Waals surface area contributed by atoms with Crippen LogP contribution < -0.4 is 0 Å². The van der Waals surface area contributed by atoms with Gasteiger partial charge in [0.25, 0.3) is 0 Å². The Bertz CT molecular complexity index is 720. The van der Waals surface area contributed by atoms with Gasteiger partial charge in [0.05, 0.1) is 17.8 Å². The molecule has 4 heteroatoms. The molecule has 0 aliphatic heterocycles. The van der Waals surface area contributed by atoms with Gasteiger partial charge in [0.1, 0.15) is 0 Å². The van der Waals surface area contributed by atoms with Gasteiger partial charge in [0.2, 0.25) is 0 Å². The highest BCUT2D eigenvalue weighted by Crippen LogP contribution is 2.19. The molecule has 0 fully saturated rings. The molecule has 0 saturated heterocycles. The molecule has 0 spiro atoms. The second-order valence-electron chi connectivity index (χ2n) is 4.84. The van der Waals surface area contributed by atoms with Crippen LogP contribution in [0.2, 0.25) is 0 Å². The Hall–Kier alpha value is -2.20. The summed E-state index contributed by atoms with van der Waals surface area (Å²) in [6.07, 6.45) is 3.53. The van der Waals surface area contributed by atoms with Crippen LogP contribution in [0.15, 0.2) is 48.8 Å². The minimum atomic E-state index is -0.566. The summed E-state index contributed by atoms with van der Waals surface area (Å²) in [6, 6.07) is 12.0. The minimum Gasteiger partial charge on any atom is -0.388 e. The van der Waals surface area contributed by atoms with Gasteiger partial charge in [0.15, 0.2) is 0 Å². The molecule has 0 saturated carbocycles. The second-order valence-corrected chi connectivity index (χ2v) is 4.84. The molecule has 0 aliphatic rings. The average Bonchev–Trinajstić information content (AvgIpc) is 2.96. The predicted molar refractivity (Wildman–Crippen MR) is 78.3 cm³/mol. The van der Waals surface area contributed by atoms with E-state index in [-0.39, 0.29) is 0 Å². The fraction of sp³-hybridized carbons (Fsp3) is 0.250. The second kappa shape index (κ2) is 5.43. The van der Waals surface area contributed by atoms with E-state index in [2.05, 4.69) is 10.1 Å². The Balaban J connectivity index is 1.81. The summed E-state index contributed by atoms with van der Waals surface area (Å²) in [4.78, 5) is 4.58. The van der Waals surface area contributed by atoms with Crippen LogP contribution in [0.3, 0.4) is 0 Å². The normalized spacial score (nSPS) is 12.7. The van der Waals surface area contributed by atoms with E-state index in [4.69, 9.17) is 0 Å². The van der Waals surface area contributed by atoms with Crippen molar-refractivity contribution in [2.24, 2.45) is 0 Å². The molecular weight excluding hydrogens is 250 g/mol. The largest absolute Gasteiger partial charge is 0.388 e. The molecule has 3 aromatic rings. The zero-order chi connectivity index (χ0) is 13.9. The van der Waals surface area contributed by atoms with E-state index in [9.17, 15) is 5.11 Å². The molecule has 2 heterocycles. The maximum Gasteiger partial charge on any atom is 0.0875 e. The molecule has 0 aliphatic carbocycles. The number of nitrogens with zero attached hydrogens (tertiary/aromatic N) is 3. The molecule has 1 N–H and O–H groups in total. The lowest BCUT2D eigenvalue weighted by atomic mass is 10.1. The molecule has 4 nitrogen and oxygen atoms in total. The number of para-hydroxylation sites is 1. The van der Waals surface area contributed by atoms with Crippen molar-refractivity contribution in [3.63, 3.8) is 0 Å². The van der Waals surface area contributed by atoms with Gasteiger partial charge in [-0.25, -0.2) is 0 Å². The Morgan fingerprint density at radius 1 is 1.20 bits per heavy atom. The smallest absolute Gasteiger partial charge is 0.0875 e. The van der Waals surface area contributed by atoms with Gasteiger partial charge in [0, 0.05) is 35.8 Å². The number of aryl methyl sites for hydroxylation is 1. The topological polar surface area (TPSA) is 50.9 Å². The molecule has 0 bridgehead atoms. The quantitative estimate of drug-likeness (QED) is 0.790. The van der Waals surface area contributed by atoms with Crippen LogP contribution >= 0.6 is 0 Å². The van der Waals surface area contributed by atoms with Crippen LogP contribution in [0, 0.1) is 0 Å². The van der Waals surface area contributed by atoms with E-state index in [0.717, 1.165) is 28.7 Å². The first-order chi connectivity index (χ1) is 9.76. The highest BCUT2D eigenvalue weighted by Gasteiger charge is 2.12. The highest BCUT2D eigenvalue weighted by atomic mass is 16.3. The minimum absolute atomic E-state index is 0.500. The summed E-state index contributed by atoms with van der Waals surface area (Å²) in [6.45, 7) is 2.83. The lowest BCUT2D eigenvalue weighted by Crippen LogP contribution is -2.03. The number of aromatic nitrogens is 3. The van der Waals surface area contributed by atoms with Crippen LogP contribution in [0.4, 0.5) is 0 Å². The third-order valence-corrected chi connectivity index (χ3v) is 3.42. The third kappa shape index (κ3) is 2.56. The number of aliphatic hydroxyl groups excluding tert-OH is 1. The summed E-state index contributed by atoms with van der Waals surface area (Å²) in [5, 5.41) is 15.6. The molecule has 102 valence electrons. The van der Waals surface area contributed by atoms with Gasteiger partial charge in [-0.2, -0.15) is 5.10 Å². The first-order valence-corrected chi connectivity index (χ1v) is 6.81. The van der Waals surface area contributed by atoms with Crippen molar-refractivity contribution in [1.82, 2.24) is 14.8 Å². The van der Waals surface area contributed by atoms with Gasteiger partial charge in [-0.05, 0) is 19.1 Å². The van der Waals surface area contributed by atoms with E-state index >= 15 is 0 Å². The first-order valence-electron chi connectivity index (χ1n) is 6.81. The molecule has 20 heavy (non-hydrogen) atoms. The first kappa shape index (κ1) is 12.8. The fourth-order valence-electron chi connectivity index (χ4n) is 2.26. The monoisotopic (exact) mass is 267 g/mol. The van der Waals surface area contributed by atoms with Crippen molar-refractivity contribution >= 4 is 10.9 Å². The van der Waals surface area contributed by atoms with Crippen molar-refractivity contribution < 1.29 is 5.11 Å². The van der Waals surface area contributed by atoms with Crippen molar-refractivity contribution in [2.75, 3.05) is 0 Å². The van der Waals surface area contributed by atoms with Gasteiger partial charge < -0.3 is 5.11 Å². The van der Waals surface area contributed by atoms with Crippen molar-refractivity contribution in [3.05, 3.63) is 60.0 Å². The average molecular weight is 267 g/mol. The number of hydrogen-bond donors (Lipinski definition) is 1. The van der Waals surface area contributed by atoms with Crippen molar-refractivity contribution in [1.29, 1.82) is 0 Å². The summed E-state index contributed by atoms with van der Waals surface area (Å²) in [5.74, 6) is 0.